The molecule has 7 atom stereocenters. The molecule has 0 spiro atoms. The lowest BCUT2D eigenvalue weighted by atomic mass is 9.63. The van der Waals surface area contributed by atoms with Crippen molar-refractivity contribution in [2.24, 2.45) is 35.5 Å². The number of aromatic nitrogens is 1. The van der Waals surface area contributed by atoms with Gasteiger partial charge in [0.1, 0.15) is 5.82 Å². The second-order valence-corrected chi connectivity index (χ2v) is 13.4. The van der Waals surface area contributed by atoms with E-state index in [0.29, 0.717) is 44.7 Å². The zero-order valence-corrected chi connectivity index (χ0v) is 26.3. The number of alkyl halides is 1. The normalized spacial score (nSPS) is 25.9. The molecule has 0 radical (unpaired) electrons. The highest BCUT2D eigenvalue weighted by molar-refractivity contribution is 6.35. The number of para-hydroxylation sites is 1. The molecular weight excluding hydrogens is 642 g/mol. The summed E-state index contributed by atoms with van der Waals surface area (Å²) in [5, 5.41) is 0.741. The van der Waals surface area contributed by atoms with Crippen LogP contribution in [0.2, 0.25) is 5.02 Å². The Morgan fingerprint density at radius 3 is 2.23 bits per heavy atom. The molecule has 3 fully saturated rings. The maximum Gasteiger partial charge on any atom is 0.339 e. The molecule has 2 bridgehead atoms. The van der Waals surface area contributed by atoms with Crippen LogP contribution in [0.4, 0.5) is 10.1 Å². The fourth-order valence-electron chi connectivity index (χ4n) is 7.86. The number of carbonyl (C=O) groups is 4. The molecule has 7 nitrogen and oxygen atoms in total. The largest absolute Gasteiger partial charge is 0.450 e. The predicted octanol–water partition coefficient (Wildman–Crippen LogP) is 7.29. The van der Waals surface area contributed by atoms with Gasteiger partial charge in [-0.15, -0.1) is 11.6 Å². The number of esters is 1. The van der Waals surface area contributed by atoms with Crippen molar-refractivity contribution in [3.8, 4) is 11.3 Å². The number of carbonyl (C=O) groups excluding carboxylic acids is 4. The molecule has 4 aromatic rings. The summed E-state index contributed by atoms with van der Waals surface area (Å²) in [5.41, 5.74) is 2.19. The zero-order chi connectivity index (χ0) is 32.6. The van der Waals surface area contributed by atoms with Gasteiger partial charge in [0.15, 0.2) is 6.10 Å². The van der Waals surface area contributed by atoms with Crippen molar-refractivity contribution >= 4 is 63.4 Å². The Hall–Kier alpha value is -4.40. The summed E-state index contributed by atoms with van der Waals surface area (Å²) in [7, 11) is 0. The molecule has 1 aromatic heterocycles. The number of nitrogens with zero attached hydrogens (tertiary/aromatic N) is 2. The first-order valence-corrected chi connectivity index (χ1v) is 16.5. The Morgan fingerprint density at radius 1 is 0.936 bits per heavy atom. The third-order valence-electron chi connectivity index (χ3n) is 10.1. The maximum atomic E-state index is 13.7. The lowest BCUT2D eigenvalue weighted by Crippen LogP contribution is -2.40. The third-order valence-corrected chi connectivity index (χ3v) is 10.7. The minimum Gasteiger partial charge on any atom is -0.450 e. The van der Waals surface area contributed by atoms with E-state index in [9.17, 15) is 23.6 Å². The molecule has 5 aliphatic rings. The molecule has 47 heavy (non-hydrogen) atoms. The van der Waals surface area contributed by atoms with Crippen LogP contribution in [-0.2, 0) is 14.3 Å². The van der Waals surface area contributed by atoms with Crippen molar-refractivity contribution in [3.05, 3.63) is 107 Å². The lowest BCUT2D eigenvalue weighted by Gasteiger charge is -2.37. The molecule has 2 amide bonds. The number of allylic oxidation sites excluding steroid dienone is 2. The fourth-order valence-corrected chi connectivity index (χ4v) is 8.27. The second kappa shape index (κ2) is 11.4. The molecule has 3 aromatic carbocycles. The summed E-state index contributed by atoms with van der Waals surface area (Å²) in [6.07, 6.45) is 4.24. The van der Waals surface area contributed by atoms with E-state index in [1.807, 2.05) is 0 Å². The number of benzene rings is 3. The highest BCUT2D eigenvalue weighted by Crippen LogP contribution is 2.65. The van der Waals surface area contributed by atoms with E-state index in [1.54, 1.807) is 48.5 Å². The van der Waals surface area contributed by atoms with Gasteiger partial charge in [0.25, 0.3) is 0 Å². The van der Waals surface area contributed by atoms with E-state index in [-0.39, 0.29) is 58.9 Å². The fraction of sp³-hybridized carbons (Fsp3) is 0.270. The number of amides is 2. The van der Waals surface area contributed by atoms with Crippen molar-refractivity contribution in [2.45, 2.75) is 18.9 Å². The highest BCUT2D eigenvalue weighted by atomic mass is 35.5. The van der Waals surface area contributed by atoms with Crippen molar-refractivity contribution < 1.29 is 28.3 Å². The minimum atomic E-state index is -1.20. The monoisotopic (exact) mass is 668 g/mol. The molecule has 0 N–H and O–H groups in total. The summed E-state index contributed by atoms with van der Waals surface area (Å²) >= 11 is 12.5. The van der Waals surface area contributed by atoms with Gasteiger partial charge in [-0.3, -0.25) is 19.3 Å². The third kappa shape index (κ3) is 4.88. The molecule has 2 heterocycles. The Kier molecular flexibility index (Phi) is 7.26. The van der Waals surface area contributed by atoms with Gasteiger partial charge in [-0.1, -0.05) is 48.0 Å². The van der Waals surface area contributed by atoms with Crippen molar-refractivity contribution in [1.82, 2.24) is 4.98 Å². The van der Waals surface area contributed by atoms with E-state index >= 15 is 0 Å². The van der Waals surface area contributed by atoms with Crippen molar-refractivity contribution in [2.75, 3.05) is 10.8 Å². The van der Waals surface area contributed by atoms with E-state index in [4.69, 9.17) is 32.9 Å². The first-order chi connectivity index (χ1) is 22.7. The first kappa shape index (κ1) is 30.0. The van der Waals surface area contributed by atoms with Gasteiger partial charge in [-0.05, 0) is 78.6 Å². The van der Waals surface area contributed by atoms with Crippen LogP contribution in [0.5, 0.6) is 0 Å². The molecule has 2 saturated carbocycles. The summed E-state index contributed by atoms with van der Waals surface area (Å²) in [6, 6.07) is 18.5. The molecule has 7 unspecified atom stereocenters. The number of rotatable bonds is 8. The smallest absolute Gasteiger partial charge is 0.339 e. The first-order valence-electron chi connectivity index (χ1n) is 15.6. The highest BCUT2D eigenvalue weighted by Gasteiger charge is 2.67. The van der Waals surface area contributed by atoms with Crippen LogP contribution in [-0.4, -0.2) is 40.5 Å². The van der Waals surface area contributed by atoms with Crippen LogP contribution in [0.3, 0.4) is 0 Å². The van der Waals surface area contributed by atoms with Gasteiger partial charge in [-0.25, -0.2) is 14.2 Å². The van der Waals surface area contributed by atoms with Gasteiger partial charge in [0.2, 0.25) is 17.6 Å². The second-order valence-electron chi connectivity index (χ2n) is 12.6. The van der Waals surface area contributed by atoms with E-state index in [0.717, 1.165) is 18.6 Å². The average Bonchev–Trinajstić information content (AvgIpc) is 3.86. The molecule has 236 valence electrons. The van der Waals surface area contributed by atoms with Gasteiger partial charge in [-0.2, -0.15) is 0 Å². The standard InChI is InChI=1S/C37H27Cl2FN2O5/c38-15-14-30(34(43)19-4-8-20(40)9-5-19)47-37(46)27-17-29(41-33-24(27)2-1-3-28(33)39)18-6-10-21(11-7-18)42-35(44)31-22-12-13-23(26-16-25(22)26)32(31)36(42)45/h1-13,17,22-23,25-26,30-32H,14-16H2. The van der Waals surface area contributed by atoms with Gasteiger partial charge >= 0.3 is 5.97 Å². The van der Waals surface area contributed by atoms with Crippen molar-refractivity contribution in [1.29, 1.82) is 0 Å². The van der Waals surface area contributed by atoms with Crippen LogP contribution in [0.25, 0.3) is 22.2 Å². The summed E-state index contributed by atoms with van der Waals surface area (Å²) in [6.45, 7) is 0. The van der Waals surface area contributed by atoms with Crippen LogP contribution in [0.1, 0.15) is 33.6 Å². The van der Waals surface area contributed by atoms with Gasteiger partial charge in [0.05, 0.1) is 39.3 Å². The molecule has 1 saturated heterocycles. The van der Waals surface area contributed by atoms with Gasteiger partial charge in [0, 0.05) is 28.8 Å². The summed E-state index contributed by atoms with van der Waals surface area (Å²) in [5.74, 6) is -1.29. The van der Waals surface area contributed by atoms with Crippen LogP contribution in [0.15, 0.2) is 84.9 Å². The Balaban J connectivity index is 1.10. The number of pyridine rings is 1. The number of fused-ring (bicyclic) bond motifs is 1. The SMILES string of the molecule is O=C(OC(CCCl)C(=O)c1ccc(F)cc1)c1cc(-c2ccc(N3C(=O)C4C5C=CC(C6CC56)C4C3=O)cc2)nc2c(Cl)cccc12. The molecule has 4 aliphatic carbocycles. The number of imide groups is 1. The number of halogens is 3. The Bertz CT molecular complexity index is 1980. The lowest BCUT2D eigenvalue weighted by molar-refractivity contribution is -0.124. The topological polar surface area (TPSA) is 93.6 Å². The quantitative estimate of drug-likeness (QED) is 0.0644. The number of Topliss-reactive ketones (excluding diaryl/α,β-unsaturated/α-hetero) is 1. The molecular formula is C37H27Cl2FN2O5. The van der Waals surface area contributed by atoms with Crippen molar-refractivity contribution in [3.63, 3.8) is 0 Å². The molecule has 9 rings (SSSR count). The van der Waals surface area contributed by atoms with E-state index in [1.165, 1.54) is 17.0 Å². The van der Waals surface area contributed by atoms with Gasteiger partial charge < -0.3 is 4.74 Å². The zero-order valence-electron chi connectivity index (χ0n) is 24.8. The Morgan fingerprint density at radius 2 is 1.60 bits per heavy atom. The number of anilines is 1. The number of hydrogen-bond donors (Lipinski definition) is 0. The number of hydrogen-bond acceptors (Lipinski definition) is 6. The summed E-state index contributed by atoms with van der Waals surface area (Å²) < 4.78 is 19.2. The summed E-state index contributed by atoms with van der Waals surface area (Å²) in [4.78, 5) is 60.2. The average molecular weight is 670 g/mol. The van der Waals surface area contributed by atoms with Crippen LogP contribution in [0, 0.1) is 41.3 Å². The molecule has 1 aliphatic heterocycles. The van der Waals surface area contributed by atoms with E-state index in [2.05, 4.69) is 12.2 Å². The van der Waals surface area contributed by atoms with Crippen LogP contribution < -0.4 is 4.90 Å². The number of ether oxygens (including phenoxy) is 1. The number of ketones is 1. The van der Waals surface area contributed by atoms with Crippen LogP contribution >= 0.6 is 23.2 Å². The minimum absolute atomic E-state index is 0.0495. The Labute approximate surface area is 279 Å². The van der Waals surface area contributed by atoms with E-state index < -0.39 is 23.7 Å². The molecule has 10 heteroatoms. The maximum absolute atomic E-state index is 13.7. The predicted molar refractivity (Wildman–Crippen MR) is 175 cm³/mol.